The molecule has 2 nitrogen and oxygen atoms in total. The van der Waals surface area contributed by atoms with Gasteiger partial charge in [-0.1, -0.05) is 0 Å². The number of nitrogens with two attached hydrogens (primary N) is 1. The van der Waals surface area contributed by atoms with Gasteiger partial charge in [-0.05, 0) is 17.7 Å². The first-order valence-corrected chi connectivity index (χ1v) is 2.74. The molecule has 0 unspecified atom stereocenters. The largest absolute Gasteiger partial charge is 0.326 e. The van der Waals surface area contributed by atoms with Crippen molar-refractivity contribution in [2.24, 2.45) is 5.73 Å². The molecule has 1 heterocycles. The summed E-state index contributed by atoms with van der Waals surface area (Å²) in [5.41, 5.74) is 5.53. The first-order chi connectivity index (χ1) is 4.72. The summed E-state index contributed by atoms with van der Waals surface area (Å²) in [4.78, 5) is 2.89. The number of hydrogen-bond donors (Lipinski definition) is 1. The van der Waals surface area contributed by atoms with Crippen molar-refractivity contribution in [1.82, 2.24) is 4.98 Å². The van der Waals surface area contributed by atoms with Gasteiger partial charge in [0.15, 0.2) is 0 Å². The summed E-state index contributed by atoms with van der Waals surface area (Å²) < 4.78 is 24.4. The van der Waals surface area contributed by atoms with E-state index >= 15 is 0 Å². The zero-order chi connectivity index (χ0) is 7.56. The first-order valence-electron chi connectivity index (χ1n) is 2.74. The van der Waals surface area contributed by atoms with Crippen molar-refractivity contribution < 1.29 is 8.78 Å². The lowest BCUT2D eigenvalue weighted by molar-refractivity contribution is 0.509. The Morgan fingerprint density at radius 2 is 1.73 bits per heavy atom. The molecule has 0 aliphatic rings. The molecule has 0 spiro atoms. The van der Waals surface area contributed by atoms with Gasteiger partial charge >= 0.3 is 0 Å². The fourth-order valence-electron chi connectivity index (χ4n) is 0.632. The average Bonchev–Trinajstić information content (AvgIpc) is 1.85. The number of halogens is 3. The van der Waals surface area contributed by atoms with Gasteiger partial charge in [0.1, 0.15) is 0 Å². The average molecular weight is 181 g/mol. The Bertz CT molecular complexity index is 222. The topological polar surface area (TPSA) is 38.9 Å². The van der Waals surface area contributed by atoms with Gasteiger partial charge in [-0.2, -0.15) is 13.8 Å². The molecule has 0 radical (unpaired) electrons. The molecule has 0 atom stereocenters. The van der Waals surface area contributed by atoms with Gasteiger partial charge in [-0.25, -0.2) is 0 Å². The van der Waals surface area contributed by atoms with Crippen molar-refractivity contribution in [3.05, 3.63) is 29.6 Å². The van der Waals surface area contributed by atoms with Crippen LogP contribution >= 0.6 is 12.4 Å². The summed E-state index contributed by atoms with van der Waals surface area (Å²) in [6.45, 7) is 0.121. The van der Waals surface area contributed by atoms with Gasteiger partial charge in [0.2, 0.25) is 11.9 Å². The van der Waals surface area contributed by atoms with E-state index in [-0.39, 0.29) is 19.0 Å². The monoisotopic (exact) mass is 180 g/mol. The number of pyridine rings is 1. The predicted molar refractivity (Wildman–Crippen MR) is 39.3 cm³/mol. The van der Waals surface area contributed by atoms with Crippen LogP contribution in [0.2, 0.25) is 0 Å². The maximum Gasteiger partial charge on any atom is 0.215 e. The molecule has 0 amide bonds. The molecule has 62 valence electrons. The Morgan fingerprint density at radius 3 is 2.09 bits per heavy atom. The van der Waals surface area contributed by atoms with Gasteiger partial charge in [0.05, 0.1) is 0 Å². The molecule has 1 aromatic heterocycles. The second-order valence-corrected chi connectivity index (χ2v) is 1.82. The molecule has 1 aromatic rings. The summed E-state index contributed by atoms with van der Waals surface area (Å²) in [5, 5.41) is 0. The van der Waals surface area contributed by atoms with Crippen molar-refractivity contribution in [3.8, 4) is 0 Å². The molecule has 0 aliphatic heterocycles. The second-order valence-electron chi connectivity index (χ2n) is 1.82. The highest BCUT2D eigenvalue weighted by molar-refractivity contribution is 5.85. The summed E-state index contributed by atoms with van der Waals surface area (Å²) in [5.74, 6) is -1.67. The van der Waals surface area contributed by atoms with E-state index in [0.29, 0.717) is 5.56 Å². The molecule has 0 saturated carbocycles. The molecule has 0 bridgehead atoms. The van der Waals surface area contributed by atoms with Crippen LogP contribution in [-0.4, -0.2) is 4.98 Å². The third kappa shape index (κ3) is 2.78. The number of nitrogens with zero attached hydrogens (tertiary/aromatic N) is 1. The third-order valence-electron chi connectivity index (χ3n) is 1.06. The van der Waals surface area contributed by atoms with E-state index in [1.54, 1.807) is 0 Å². The minimum atomic E-state index is -0.833. The van der Waals surface area contributed by atoms with E-state index < -0.39 is 11.9 Å². The van der Waals surface area contributed by atoms with E-state index in [4.69, 9.17) is 5.73 Å². The second kappa shape index (κ2) is 4.20. The van der Waals surface area contributed by atoms with Crippen LogP contribution in [0.25, 0.3) is 0 Å². The Balaban J connectivity index is 0.000001000. The molecule has 11 heavy (non-hydrogen) atoms. The van der Waals surface area contributed by atoms with Gasteiger partial charge in [-0.15, -0.1) is 12.4 Å². The molecule has 0 aliphatic carbocycles. The van der Waals surface area contributed by atoms with Crippen LogP contribution in [-0.2, 0) is 6.54 Å². The highest BCUT2D eigenvalue weighted by Gasteiger charge is 1.98. The maximum absolute atomic E-state index is 12.2. The molecule has 0 fully saturated rings. The fraction of sp³-hybridized carbons (Fsp3) is 0.167. The fourth-order valence-corrected chi connectivity index (χ4v) is 0.632. The SMILES string of the molecule is Cl.NCc1cc(F)nc(F)c1. The Morgan fingerprint density at radius 1 is 1.27 bits per heavy atom. The van der Waals surface area contributed by atoms with Crippen molar-refractivity contribution in [1.29, 1.82) is 0 Å². The molecule has 1 rings (SSSR count). The third-order valence-corrected chi connectivity index (χ3v) is 1.06. The first kappa shape index (κ1) is 10.3. The van der Waals surface area contributed by atoms with Crippen LogP contribution < -0.4 is 5.73 Å². The van der Waals surface area contributed by atoms with Crippen LogP contribution in [0.3, 0.4) is 0 Å². The zero-order valence-electron chi connectivity index (χ0n) is 5.55. The van der Waals surface area contributed by atoms with Gasteiger partial charge in [-0.3, -0.25) is 0 Å². The summed E-state index contributed by atoms with van der Waals surface area (Å²) in [6.07, 6.45) is 0. The predicted octanol–water partition coefficient (Wildman–Crippen LogP) is 1.24. The van der Waals surface area contributed by atoms with Crippen LogP contribution in [0.4, 0.5) is 8.78 Å². The molecule has 5 heteroatoms. The molecule has 0 aromatic carbocycles. The standard InChI is InChI=1S/C6H6F2N2.ClH/c7-5-1-4(3-9)2-6(8)10-5;/h1-2H,3,9H2;1H. The van der Waals surface area contributed by atoms with Crippen LogP contribution in [0.1, 0.15) is 5.56 Å². The summed E-state index contributed by atoms with van der Waals surface area (Å²) in [7, 11) is 0. The number of hydrogen-bond acceptors (Lipinski definition) is 2. The van der Waals surface area contributed by atoms with Crippen LogP contribution in [0.15, 0.2) is 12.1 Å². The smallest absolute Gasteiger partial charge is 0.215 e. The minimum absolute atomic E-state index is 0. The van der Waals surface area contributed by atoms with Crippen LogP contribution in [0, 0.1) is 11.9 Å². The zero-order valence-corrected chi connectivity index (χ0v) is 6.37. The number of rotatable bonds is 1. The summed E-state index contributed by atoms with van der Waals surface area (Å²) >= 11 is 0. The van der Waals surface area contributed by atoms with Crippen molar-refractivity contribution >= 4 is 12.4 Å². The molecule has 2 N–H and O–H groups in total. The maximum atomic E-state index is 12.2. The summed E-state index contributed by atoms with van der Waals surface area (Å²) in [6, 6.07) is 2.20. The van der Waals surface area contributed by atoms with E-state index in [1.165, 1.54) is 0 Å². The highest BCUT2D eigenvalue weighted by atomic mass is 35.5. The molecular formula is C6H7ClF2N2. The quantitative estimate of drug-likeness (QED) is 0.661. The lowest BCUT2D eigenvalue weighted by atomic mass is 10.3. The lowest BCUT2D eigenvalue weighted by Crippen LogP contribution is -1.99. The van der Waals surface area contributed by atoms with E-state index in [9.17, 15) is 8.78 Å². The Labute approximate surface area is 68.8 Å². The van der Waals surface area contributed by atoms with Gasteiger partial charge < -0.3 is 5.73 Å². The lowest BCUT2D eigenvalue weighted by Gasteiger charge is -1.94. The Hall–Kier alpha value is -0.740. The van der Waals surface area contributed by atoms with Crippen molar-refractivity contribution in [3.63, 3.8) is 0 Å². The van der Waals surface area contributed by atoms with Gasteiger partial charge in [0, 0.05) is 6.54 Å². The van der Waals surface area contributed by atoms with Gasteiger partial charge in [0.25, 0.3) is 0 Å². The Kier molecular flexibility index (Phi) is 3.92. The number of aromatic nitrogens is 1. The molecular weight excluding hydrogens is 174 g/mol. The van der Waals surface area contributed by atoms with E-state index in [2.05, 4.69) is 4.98 Å². The van der Waals surface area contributed by atoms with Crippen LogP contribution in [0.5, 0.6) is 0 Å². The molecule has 0 saturated heterocycles. The van der Waals surface area contributed by atoms with E-state index in [1.807, 2.05) is 0 Å². The highest BCUT2D eigenvalue weighted by Crippen LogP contribution is 2.02. The minimum Gasteiger partial charge on any atom is -0.326 e. The van der Waals surface area contributed by atoms with E-state index in [0.717, 1.165) is 12.1 Å². The van der Waals surface area contributed by atoms with Crippen molar-refractivity contribution in [2.45, 2.75) is 6.54 Å². The normalized spacial score (nSPS) is 9.00. The van der Waals surface area contributed by atoms with Crippen molar-refractivity contribution in [2.75, 3.05) is 0 Å².